The van der Waals surface area contributed by atoms with E-state index in [1.807, 2.05) is 36.4 Å². The first-order valence-electron chi connectivity index (χ1n) is 10.6. The highest BCUT2D eigenvalue weighted by Crippen LogP contribution is 2.30. The first-order valence-corrected chi connectivity index (χ1v) is 10.6. The van der Waals surface area contributed by atoms with E-state index in [-0.39, 0.29) is 0 Å². The largest absolute Gasteiger partial charge is 0.354 e. The standard InChI is InChI=1S/C27H27NO2/c1-2-3-4-5-7-11-21-16-17-25(27(29)30-20-28)26(18-21)24-15-10-14-23(19-24)22-12-8-6-9-13-22/h6,8-10,12-19H,2-5,7,11H2,1H3. The van der Waals surface area contributed by atoms with Crippen molar-refractivity contribution in [3.63, 3.8) is 0 Å². The predicted octanol–water partition coefficient (Wildman–Crippen LogP) is 7.17. The molecule has 0 aromatic heterocycles. The van der Waals surface area contributed by atoms with E-state index in [0.717, 1.165) is 35.1 Å². The van der Waals surface area contributed by atoms with Crippen LogP contribution in [0.4, 0.5) is 0 Å². The molecule has 3 nitrogen and oxygen atoms in total. The van der Waals surface area contributed by atoms with Gasteiger partial charge in [-0.25, -0.2) is 4.79 Å². The third-order valence-corrected chi connectivity index (χ3v) is 5.29. The monoisotopic (exact) mass is 397 g/mol. The maximum Gasteiger partial charge on any atom is 0.354 e. The summed E-state index contributed by atoms with van der Waals surface area (Å²) < 4.78 is 4.64. The minimum absolute atomic E-state index is 0.413. The molecule has 0 aliphatic heterocycles. The Hall–Kier alpha value is -3.38. The van der Waals surface area contributed by atoms with Crippen molar-refractivity contribution in [2.45, 2.75) is 45.4 Å². The van der Waals surface area contributed by atoms with Crippen LogP contribution in [0.1, 0.15) is 54.9 Å². The number of unbranched alkanes of at least 4 members (excludes halogenated alkanes) is 4. The van der Waals surface area contributed by atoms with E-state index < -0.39 is 5.97 Å². The molecule has 3 rings (SSSR count). The van der Waals surface area contributed by atoms with Crippen LogP contribution in [-0.2, 0) is 11.2 Å². The number of esters is 1. The second-order valence-corrected chi connectivity index (χ2v) is 7.47. The Kier molecular flexibility index (Phi) is 7.80. The van der Waals surface area contributed by atoms with E-state index in [2.05, 4.69) is 42.0 Å². The fraction of sp³-hybridized carbons (Fsp3) is 0.259. The fourth-order valence-electron chi connectivity index (χ4n) is 3.69. The van der Waals surface area contributed by atoms with Crippen molar-refractivity contribution < 1.29 is 9.53 Å². The highest BCUT2D eigenvalue weighted by molar-refractivity contribution is 5.98. The minimum Gasteiger partial charge on any atom is -0.347 e. The number of carbonyl (C=O) groups is 1. The zero-order chi connectivity index (χ0) is 21.2. The molecule has 0 unspecified atom stereocenters. The molecule has 3 aromatic rings. The molecule has 0 saturated heterocycles. The van der Waals surface area contributed by atoms with Crippen LogP contribution in [0.3, 0.4) is 0 Å². The number of carbonyl (C=O) groups excluding carboxylic acids is 1. The van der Waals surface area contributed by atoms with Crippen LogP contribution in [0.5, 0.6) is 0 Å². The number of aryl methyl sites for hydroxylation is 1. The lowest BCUT2D eigenvalue weighted by atomic mass is 9.93. The van der Waals surface area contributed by atoms with Gasteiger partial charge in [0.2, 0.25) is 0 Å². The number of nitriles is 1. The van der Waals surface area contributed by atoms with Crippen molar-refractivity contribution >= 4 is 5.97 Å². The van der Waals surface area contributed by atoms with Crippen LogP contribution in [0.2, 0.25) is 0 Å². The maximum atomic E-state index is 12.4. The molecule has 0 atom stereocenters. The van der Waals surface area contributed by atoms with Crippen molar-refractivity contribution in [1.29, 1.82) is 5.26 Å². The van der Waals surface area contributed by atoms with Gasteiger partial charge in [0, 0.05) is 0 Å². The van der Waals surface area contributed by atoms with Gasteiger partial charge in [0.05, 0.1) is 5.56 Å². The van der Waals surface area contributed by atoms with Gasteiger partial charge < -0.3 is 4.74 Å². The molecule has 0 heterocycles. The van der Waals surface area contributed by atoms with Gasteiger partial charge in [-0.3, -0.25) is 0 Å². The Labute approximate surface area is 178 Å². The quantitative estimate of drug-likeness (QED) is 0.218. The normalized spacial score (nSPS) is 10.4. The summed E-state index contributed by atoms with van der Waals surface area (Å²) in [6.45, 7) is 2.22. The van der Waals surface area contributed by atoms with E-state index in [0.29, 0.717) is 5.56 Å². The smallest absolute Gasteiger partial charge is 0.347 e. The highest BCUT2D eigenvalue weighted by Gasteiger charge is 2.16. The molecule has 0 amide bonds. The Balaban J connectivity index is 1.93. The lowest BCUT2D eigenvalue weighted by molar-refractivity contribution is 0.0686. The van der Waals surface area contributed by atoms with Crippen molar-refractivity contribution in [1.82, 2.24) is 0 Å². The molecule has 0 aliphatic carbocycles. The van der Waals surface area contributed by atoms with Crippen molar-refractivity contribution in [2.75, 3.05) is 0 Å². The Morgan fingerprint density at radius 1 is 0.833 bits per heavy atom. The van der Waals surface area contributed by atoms with Gasteiger partial charge >= 0.3 is 5.97 Å². The van der Waals surface area contributed by atoms with Gasteiger partial charge in [0.25, 0.3) is 6.26 Å². The molecular weight excluding hydrogens is 370 g/mol. The Morgan fingerprint density at radius 2 is 1.57 bits per heavy atom. The predicted molar refractivity (Wildman–Crippen MR) is 121 cm³/mol. The van der Waals surface area contributed by atoms with E-state index in [4.69, 9.17) is 5.26 Å². The molecule has 3 aromatic carbocycles. The third-order valence-electron chi connectivity index (χ3n) is 5.29. The first-order chi connectivity index (χ1) is 14.7. The van der Waals surface area contributed by atoms with Crippen LogP contribution in [0.15, 0.2) is 72.8 Å². The first kappa shape index (κ1) is 21.3. The second kappa shape index (κ2) is 11.0. The maximum absolute atomic E-state index is 12.4. The summed E-state index contributed by atoms with van der Waals surface area (Å²) in [6.07, 6.45) is 8.59. The van der Waals surface area contributed by atoms with Crippen LogP contribution in [0, 0.1) is 11.5 Å². The van der Waals surface area contributed by atoms with Gasteiger partial charge in [0.15, 0.2) is 0 Å². The summed E-state index contributed by atoms with van der Waals surface area (Å²) in [5.41, 5.74) is 5.55. The lowest BCUT2D eigenvalue weighted by Crippen LogP contribution is -2.04. The lowest BCUT2D eigenvalue weighted by Gasteiger charge is -2.12. The van der Waals surface area contributed by atoms with Crippen LogP contribution < -0.4 is 0 Å². The van der Waals surface area contributed by atoms with Crippen molar-refractivity contribution in [3.05, 3.63) is 83.9 Å². The topological polar surface area (TPSA) is 50.1 Å². The number of hydrogen-bond acceptors (Lipinski definition) is 3. The average molecular weight is 398 g/mol. The van der Waals surface area contributed by atoms with Crippen molar-refractivity contribution in [2.24, 2.45) is 0 Å². The molecular formula is C27H27NO2. The summed E-state index contributed by atoms with van der Waals surface area (Å²) in [5, 5.41) is 8.80. The van der Waals surface area contributed by atoms with Crippen LogP contribution in [0.25, 0.3) is 22.3 Å². The zero-order valence-corrected chi connectivity index (χ0v) is 17.4. The van der Waals surface area contributed by atoms with Gasteiger partial charge in [-0.1, -0.05) is 93.3 Å². The SMILES string of the molecule is CCCCCCCc1ccc(C(=O)OC#N)c(-c2cccc(-c3ccccc3)c2)c1. The minimum atomic E-state index is -0.618. The van der Waals surface area contributed by atoms with Crippen molar-refractivity contribution in [3.8, 4) is 28.5 Å². The third kappa shape index (κ3) is 5.58. The molecule has 30 heavy (non-hydrogen) atoms. The molecule has 0 bridgehead atoms. The summed E-state index contributed by atoms with van der Waals surface area (Å²) in [6, 6.07) is 24.1. The molecule has 0 fully saturated rings. The highest BCUT2D eigenvalue weighted by atomic mass is 16.5. The number of hydrogen-bond donors (Lipinski definition) is 0. The van der Waals surface area contributed by atoms with E-state index in [1.165, 1.54) is 37.5 Å². The van der Waals surface area contributed by atoms with Gasteiger partial charge in [0.1, 0.15) is 0 Å². The van der Waals surface area contributed by atoms with Gasteiger partial charge in [-0.15, -0.1) is 5.26 Å². The van der Waals surface area contributed by atoms with E-state index >= 15 is 0 Å². The molecule has 0 N–H and O–H groups in total. The Bertz CT molecular complexity index is 1020. The molecule has 152 valence electrons. The fourth-order valence-corrected chi connectivity index (χ4v) is 3.69. The van der Waals surface area contributed by atoms with E-state index in [9.17, 15) is 4.79 Å². The number of nitrogens with zero attached hydrogens (tertiary/aromatic N) is 1. The summed E-state index contributed by atoms with van der Waals surface area (Å²) in [4.78, 5) is 12.4. The second-order valence-electron chi connectivity index (χ2n) is 7.47. The number of ether oxygens (including phenoxy) is 1. The summed E-state index contributed by atoms with van der Waals surface area (Å²) >= 11 is 0. The molecule has 0 spiro atoms. The molecule has 0 radical (unpaired) electrons. The molecule has 0 saturated carbocycles. The summed E-state index contributed by atoms with van der Waals surface area (Å²) in [7, 11) is 0. The number of benzene rings is 3. The van der Waals surface area contributed by atoms with Crippen LogP contribution >= 0.6 is 0 Å². The van der Waals surface area contributed by atoms with Gasteiger partial charge in [-0.2, -0.15) is 0 Å². The van der Waals surface area contributed by atoms with Crippen LogP contribution in [-0.4, -0.2) is 5.97 Å². The van der Waals surface area contributed by atoms with Gasteiger partial charge in [-0.05, 0) is 52.8 Å². The molecule has 0 aliphatic rings. The zero-order valence-electron chi connectivity index (χ0n) is 17.4. The van der Waals surface area contributed by atoms with E-state index in [1.54, 1.807) is 6.07 Å². The summed E-state index contributed by atoms with van der Waals surface area (Å²) in [5.74, 6) is -0.618. The average Bonchev–Trinajstić information content (AvgIpc) is 2.79. The Morgan fingerprint density at radius 3 is 2.33 bits per heavy atom. The number of rotatable bonds is 9. The molecule has 3 heteroatoms.